The number of nitrogens with two attached hydrogens (primary N) is 1. The van der Waals surface area contributed by atoms with E-state index in [2.05, 4.69) is 12.2 Å². The van der Waals surface area contributed by atoms with Crippen LogP contribution in [0.15, 0.2) is 12.2 Å². The van der Waals surface area contributed by atoms with E-state index in [1.165, 1.54) is 44.1 Å². The molecule has 0 bridgehead atoms. The summed E-state index contributed by atoms with van der Waals surface area (Å²) in [4.78, 5) is 0. The Hall–Kier alpha value is 0.01000. The Labute approximate surface area is 103 Å². The van der Waals surface area contributed by atoms with Crippen molar-refractivity contribution in [2.75, 3.05) is 6.61 Å². The Balaban J connectivity index is 1.66. The smallest absolute Gasteiger partial charge is 0.0756 e. The highest BCUT2D eigenvalue weighted by molar-refractivity contribution is 7.97. The molecule has 2 atom stereocenters. The van der Waals surface area contributed by atoms with Crippen LogP contribution in [0.1, 0.15) is 44.9 Å². The summed E-state index contributed by atoms with van der Waals surface area (Å²) in [7, 11) is 0. The zero-order valence-corrected chi connectivity index (χ0v) is 10.8. The average molecular weight is 241 g/mol. The first-order valence-electron chi connectivity index (χ1n) is 6.54. The molecule has 1 fully saturated rings. The van der Waals surface area contributed by atoms with Gasteiger partial charge in [-0.25, -0.2) is 0 Å². The van der Waals surface area contributed by atoms with E-state index >= 15 is 0 Å². The molecular formula is C13H23NOS. The maximum absolute atomic E-state index is 5.98. The van der Waals surface area contributed by atoms with E-state index in [9.17, 15) is 0 Å². The Kier molecular flexibility index (Phi) is 5.20. The summed E-state index contributed by atoms with van der Waals surface area (Å²) < 4.78 is 5.98. The summed E-state index contributed by atoms with van der Waals surface area (Å²) in [5, 5.41) is 6.07. The van der Waals surface area contributed by atoms with Crippen molar-refractivity contribution in [3.05, 3.63) is 12.2 Å². The molecule has 2 N–H and O–H groups in total. The molecule has 16 heavy (non-hydrogen) atoms. The largest absolute Gasteiger partial charge is 0.374 e. The second-order valence-electron chi connectivity index (χ2n) is 5.01. The van der Waals surface area contributed by atoms with Crippen LogP contribution in [0.2, 0.25) is 0 Å². The van der Waals surface area contributed by atoms with Crippen LogP contribution in [0.5, 0.6) is 0 Å². The van der Waals surface area contributed by atoms with Gasteiger partial charge < -0.3 is 4.74 Å². The fraction of sp³-hybridized carbons (Fsp3) is 0.846. The minimum Gasteiger partial charge on any atom is -0.374 e. The van der Waals surface area contributed by atoms with Crippen molar-refractivity contribution >= 4 is 11.9 Å². The molecule has 2 unspecified atom stereocenters. The van der Waals surface area contributed by atoms with Crippen molar-refractivity contribution < 1.29 is 4.74 Å². The Bertz CT molecular complexity index is 226. The van der Waals surface area contributed by atoms with Crippen molar-refractivity contribution in [1.29, 1.82) is 0 Å². The molecule has 2 rings (SSSR count). The zero-order valence-electron chi connectivity index (χ0n) is 9.94. The van der Waals surface area contributed by atoms with E-state index < -0.39 is 0 Å². The monoisotopic (exact) mass is 241 g/mol. The molecule has 0 aromatic rings. The molecule has 2 aliphatic carbocycles. The van der Waals surface area contributed by atoms with Gasteiger partial charge in [0, 0.05) is 5.25 Å². The first kappa shape index (κ1) is 12.5. The van der Waals surface area contributed by atoms with Gasteiger partial charge in [0.1, 0.15) is 0 Å². The first-order valence-corrected chi connectivity index (χ1v) is 7.48. The molecule has 0 radical (unpaired) electrons. The zero-order chi connectivity index (χ0) is 11.2. The topological polar surface area (TPSA) is 35.2 Å². The van der Waals surface area contributed by atoms with E-state index in [1.807, 2.05) is 0 Å². The van der Waals surface area contributed by atoms with Crippen molar-refractivity contribution in [2.45, 2.75) is 56.3 Å². The maximum Gasteiger partial charge on any atom is 0.0756 e. The van der Waals surface area contributed by atoms with E-state index in [0.29, 0.717) is 11.4 Å². The molecule has 2 aliphatic rings. The van der Waals surface area contributed by atoms with Gasteiger partial charge in [-0.05, 0) is 31.6 Å². The van der Waals surface area contributed by atoms with Gasteiger partial charge in [-0.2, -0.15) is 0 Å². The van der Waals surface area contributed by atoms with Gasteiger partial charge in [0.2, 0.25) is 0 Å². The average Bonchev–Trinajstić information content (AvgIpc) is 2.38. The third kappa shape index (κ3) is 3.79. The summed E-state index contributed by atoms with van der Waals surface area (Å²) >= 11 is 1.45. The Morgan fingerprint density at radius 1 is 1.06 bits per heavy atom. The quantitative estimate of drug-likeness (QED) is 0.606. The summed E-state index contributed by atoms with van der Waals surface area (Å²) in [5.74, 6) is 0.823. The predicted octanol–water partition coefficient (Wildman–Crippen LogP) is 3.28. The molecular weight excluding hydrogens is 218 g/mol. The van der Waals surface area contributed by atoms with Crippen LogP contribution in [0.25, 0.3) is 0 Å². The summed E-state index contributed by atoms with van der Waals surface area (Å²) in [6, 6.07) is 0. The van der Waals surface area contributed by atoms with Crippen LogP contribution in [-0.4, -0.2) is 18.0 Å². The van der Waals surface area contributed by atoms with Crippen molar-refractivity contribution in [3.63, 3.8) is 0 Å². The fourth-order valence-corrected chi connectivity index (χ4v) is 3.09. The molecule has 1 saturated carbocycles. The van der Waals surface area contributed by atoms with Crippen LogP contribution < -0.4 is 5.14 Å². The lowest BCUT2D eigenvalue weighted by Gasteiger charge is -2.26. The lowest BCUT2D eigenvalue weighted by molar-refractivity contribution is 0.0395. The minimum absolute atomic E-state index is 0.352. The molecule has 0 spiro atoms. The molecule has 0 saturated heterocycles. The second-order valence-corrected chi connectivity index (χ2v) is 5.89. The van der Waals surface area contributed by atoms with Gasteiger partial charge in [0.25, 0.3) is 0 Å². The lowest BCUT2D eigenvalue weighted by Crippen LogP contribution is -2.22. The standard InChI is InChI=1S/C13H23NOS/c14-16-13-8-6-12(7-9-13)15-10-11-4-2-1-3-5-11/h6,8,11-13H,1-5,7,9-10,14H2. The summed E-state index contributed by atoms with van der Waals surface area (Å²) in [5.41, 5.74) is 0. The first-order chi connectivity index (χ1) is 7.88. The third-order valence-electron chi connectivity index (χ3n) is 3.72. The molecule has 2 nitrogen and oxygen atoms in total. The van der Waals surface area contributed by atoms with E-state index in [4.69, 9.17) is 9.88 Å². The van der Waals surface area contributed by atoms with Gasteiger partial charge in [-0.1, -0.05) is 43.4 Å². The Morgan fingerprint density at radius 2 is 1.88 bits per heavy atom. The predicted molar refractivity (Wildman–Crippen MR) is 70.3 cm³/mol. The minimum atomic E-state index is 0.352. The highest BCUT2D eigenvalue weighted by Gasteiger charge is 2.18. The van der Waals surface area contributed by atoms with Crippen LogP contribution in [-0.2, 0) is 4.74 Å². The number of ether oxygens (including phenoxy) is 1. The summed E-state index contributed by atoms with van der Waals surface area (Å²) in [6.07, 6.45) is 14.0. The van der Waals surface area contributed by atoms with Gasteiger partial charge in [0.05, 0.1) is 12.7 Å². The van der Waals surface area contributed by atoms with Crippen LogP contribution in [0.4, 0.5) is 0 Å². The van der Waals surface area contributed by atoms with Crippen LogP contribution in [0.3, 0.4) is 0 Å². The Morgan fingerprint density at radius 3 is 2.50 bits per heavy atom. The van der Waals surface area contributed by atoms with E-state index in [0.717, 1.165) is 25.4 Å². The van der Waals surface area contributed by atoms with Crippen LogP contribution in [0, 0.1) is 5.92 Å². The molecule has 0 aromatic heterocycles. The van der Waals surface area contributed by atoms with Gasteiger partial charge in [-0.3, -0.25) is 5.14 Å². The van der Waals surface area contributed by atoms with E-state index in [1.54, 1.807) is 0 Å². The third-order valence-corrected chi connectivity index (χ3v) is 4.46. The molecule has 0 heterocycles. The van der Waals surface area contributed by atoms with Crippen molar-refractivity contribution in [3.8, 4) is 0 Å². The highest BCUT2D eigenvalue weighted by Crippen LogP contribution is 2.26. The molecule has 0 amide bonds. The number of hydrogen-bond acceptors (Lipinski definition) is 3. The lowest BCUT2D eigenvalue weighted by atomic mass is 9.90. The second kappa shape index (κ2) is 6.67. The molecule has 0 aromatic carbocycles. The molecule has 92 valence electrons. The van der Waals surface area contributed by atoms with Gasteiger partial charge in [0.15, 0.2) is 0 Å². The highest BCUT2D eigenvalue weighted by atomic mass is 32.2. The van der Waals surface area contributed by atoms with Gasteiger partial charge >= 0.3 is 0 Å². The SMILES string of the molecule is NSC1C=CC(OCC2CCCCC2)CC1. The van der Waals surface area contributed by atoms with E-state index in [-0.39, 0.29) is 0 Å². The number of hydrogen-bond donors (Lipinski definition) is 1. The van der Waals surface area contributed by atoms with Crippen LogP contribution >= 0.6 is 11.9 Å². The fourth-order valence-electron chi connectivity index (χ4n) is 2.63. The summed E-state index contributed by atoms with van der Waals surface area (Å²) in [6.45, 7) is 0.968. The van der Waals surface area contributed by atoms with Crippen molar-refractivity contribution in [1.82, 2.24) is 0 Å². The maximum atomic E-state index is 5.98. The normalized spacial score (nSPS) is 31.8. The van der Waals surface area contributed by atoms with Gasteiger partial charge in [-0.15, -0.1) is 0 Å². The number of rotatable bonds is 4. The van der Waals surface area contributed by atoms with Crippen molar-refractivity contribution in [2.24, 2.45) is 11.1 Å². The molecule has 0 aliphatic heterocycles. The molecule has 3 heteroatoms.